The van der Waals surface area contributed by atoms with Crippen molar-refractivity contribution in [3.05, 3.63) is 29.8 Å². The molecule has 1 aliphatic rings. The molecule has 1 amide bonds. The van der Waals surface area contributed by atoms with Gasteiger partial charge >= 0.3 is 0 Å². The molecule has 2 heteroatoms. The maximum atomic E-state index is 10.3. The first-order valence-electron chi connectivity index (χ1n) is 4.21. The van der Waals surface area contributed by atoms with Gasteiger partial charge in [0.15, 0.2) is 0 Å². The monoisotopic (exact) mass is 161 g/mol. The summed E-state index contributed by atoms with van der Waals surface area (Å²) in [7, 11) is 0. The van der Waals surface area contributed by atoms with Gasteiger partial charge in [-0.15, -0.1) is 0 Å². The highest BCUT2D eigenvalue weighted by Gasteiger charge is 2.25. The van der Waals surface area contributed by atoms with Crippen LogP contribution in [0.3, 0.4) is 0 Å². The molecule has 2 rings (SSSR count). The Bertz CT molecular complexity index is 292. The van der Waals surface area contributed by atoms with Gasteiger partial charge < -0.3 is 5.32 Å². The normalized spacial score (nSPS) is 15.7. The Kier molecular flexibility index (Phi) is 1.82. The van der Waals surface area contributed by atoms with E-state index in [-0.39, 0.29) is 0 Å². The highest BCUT2D eigenvalue weighted by Crippen LogP contribution is 2.43. The molecule has 0 saturated heterocycles. The van der Waals surface area contributed by atoms with Crippen LogP contribution in [0.4, 0.5) is 5.69 Å². The van der Waals surface area contributed by atoms with Gasteiger partial charge in [-0.2, -0.15) is 0 Å². The van der Waals surface area contributed by atoms with Crippen molar-refractivity contribution in [3.63, 3.8) is 0 Å². The van der Waals surface area contributed by atoms with Crippen LogP contribution < -0.4 is 5.32 Å². The minimum absolute atomic E-state index is 0.689. The van der Waals surface area contributed by atoms with Crippen LogP contribution in [0.1, 0.15) is 24.3 Å². The number of carbonyl (C=O) groups is 1. The van der Waals surface area contributed by atoms with Crippen LogP contribution in [-0.2, 0) is 4.79 Å². The number of anilines is 1. The molecule has 0 aliphatic heterocycles. The summed E-state index contributed by atoms with van der Waals surface area (Å²) in [6.45, 7) is 0. The minimum Gasteiger partial charge on any atom is -0.328 e. The first-order chi connectivity index (χ1) is 5.92. The van der Waals surface area contributed by atoms with Crippen LogP contribution in [0.2, 0.25) is 0 Å². The molecule has 0 unspecified atom stereocenters. The lowest BCUT2D eigenvalue weighted by Gasteiger charge is -2.05. The lowest BCUT2D eigenvalue weighted by molar-refractivity contribution is -0.105. The summed E-state index contributed by atoms with van der Waals surface area (Å²) in [5.41, 5.74) is 2.25. The van der Waals surface area contributed by atoms with Gasteiger partial charge in [0, 0.05) is 5.69 Å². The molecule has 2 nitrogen and oxygen atoms in total. The largest absolute Gasteiger partial charge is 0.328 e. The van der Waals surface area contributed by atoms with E-state index in [4.69, 9.17) is 0 Å². The standard InChI is InChI=1S/C10H11NO/c12-7-11-10-4-2-1-3-9(10)8-5-6-8/h1-4,7-8H,5-6H2,(H,11,12). The lowest BCUT2D eigenvalue weighted by atomic mass is 10.1. The summed E-state index contributed by atoms with van der Waals surface area (Å²) < 4.78 is 0. The Hall–Kier alpha value is -1.31. The van der Waals surface area contributed by atoms with E-state index in [2.05, 4.69) is 11.4 Å². The van der Waals surface area contributed by atoms with Gasteiger partial charge in [0.05, 0.1) is 0 Å². The Morgan fingerprint density at radius 3 is 2.75 bits per heavy atom. The predicted molar refractivity (Wildman–Crippen MR) is 48.1 cm³/mol. The Morgan fingerprint density at radius 2 is 2.08 bits per heavy atom. The van der Waals surface area contributed by atoms with Crippen LogP contribution >= 0.6 is 0 Å². The Morgan fingerprint density at radius 1 is 1.33 bits per heavy atom. The molecule has 12 heavy (non-hydrogen) atoms. The first kappa shape index (κ1) is 7.35. The maximum Gasteiger partial charge on any atom is 0.211 e. The molecule has 62 valence electrons. The average molecular weight is 161 g/mol. The van der Waals surface area contributed by atoms with E-state index >= 15 is 0 Å². The molecular weight excluding hydrogens is 150 g/mol. The molecule has 1 N–H and O–H groups in total. The molecular formula is C10H11NO. The number of nitrogens with one attached hydrogen (secondary N) is 1. The predicted octanol–water partition coefficient (Wildman–Crippen LogP) is 2.13. The molecule has 1 fully saturated rings. The molecule has 1 aromatic rings. The van der Waals surface area contributed by atoms with Gasteiger partial charge in [-0.05, 0) is 30.4 Å². The summed E-state index contributed by atoms with van der Waals surface area (Å²) >= 11 is 0. The van der Waals surface area contributed by atoms with Crippen LogP contribution in [-0.4, -0.2) is 6.41 Å². The van der Waals surface area contributed by atoms with Crippen molar-refractivity contribution in [2.75, 3.05) is 5.32 Å². The van der Waals surface area contributed by atoms with E-state index in [0.717, 1.165) is 12.1 Å². The molecule has 0 bridgehead atoms. The van der Waals surface area contributed by atoms with Crippen LogP contribution in [0.25, 0.3) is 0 Å². The van der Waals surface area contributed by atoms with Crippen molar-refractivity contribution >= 4 is 12.1 Å². The fourth-order valence-corrected chi connectivity index (χ4v) is 1.44. The Labute approximate surface area is 71.6 Å². The summed E-state index contributed by atoms with van der Waals surface area (Å²) in [5.74, 6) is 0.689. The molecule has 1 saturated carbocycles. The minimum atomic E-state index is 0.689. The summed E-state index contributed by atoms with van der Waals surface area (Å²) in [6, 6.07) is 7.99. The molecule has 0 radical (unpaired) electrons. The summed E-state index contributed by atoms with van der Waals surface area (Å²) in [4.78, 5) is 10.3. The first-order valence-corrected chi connectivity index (χ1v) is 4.21. The summed E-state index contributed by atoms with van der Waals surface area (Å²) in [6.07, 6.45) is 3.26. The van der Waals surface area contributed by atoms with Crippen molar-refractivity contribution in [1.82, 2.24) is 0 Å². The average Bonchev–Trinajstić information content (AvgIpc) is 2.89. The second-order valence-corrected chi connectivity index (χ2v) is 3.12. The molecule has 0 spiro atoms. The number of hydrogen-bond donors (Lipinski definition) is 1. The van der Waals surface area contributed by atoms with Crippen molar-refractivity contribution < 1.29 is 4.79 Å². The van der Waals surface area contributed by atoms with E-state index in [1.165, 1.54) is 18.4 Å². The van der Waals surface area contributed by atoms with Gasteiger partial charge in [0.25, 0.3) is 0 Å². The second kappa shape index (κ2) is 2.97. The van der Waals surface area contributed by atoms with E-state index in [0.29, 0.717) is 5.92 Å². The van der Waals surface area contributed by atoms with Crippen LogP contribution in [0.5, 0.6) is 0 Å². The smallest absolute Gasteiger partial charge is 0.211 e. The molecule has 0 heterocycles. The van der Waals surface area contributed by atoms with Gasteiger partial charge in [0.1, 0.15) is 0 Å². The zero-order valence-electron chi connectivity index (χ0n) is 6.79. The maximum absolute atomic E-state index is 10.3. The van der Waals surface area contributed by atoms with E-state index in [9.17, 15) is 4.79 Å². The van der Waals surface area contributed by atoms with Gasteiger partial charge in [0.2, 0.25) is 6.41 Å². The number of carbonyl (C=O) groups excluding carboxylic acids is 1. The third-order valence-electron chi connectivity index (χ3n) is 2.19. The topological polar surface area (TPSA) is 29.1 Å². The van der Waals surface area contributed by atoms with Gasteiger partial charge in [-0.1, -0.05) is 18.2 Å². The zero-order valence-corrected chi connectivity index (χ0v) is 6.79. The highest BCUT2D eigenvalue weighted by molar-refractivity contribution is 5.74. The quantitative estimate of drug-likeness (QED) is 0.676. The number of hydrogen-bond acceptors (Lipinski definition) is 1. The number of rotatable bonds is 3. The second-order valence-electron chi connectivity index (χ2n) is 3.12. The van der Waals surface area contributed by atoms with E-state index < -0.39 is 0 Å². The molecule has 0 aromatic heterocycles. The third-order valence-corrected chi connectivity index (χ3v) is 2.19. The SMILES string of the molecule is O=CNc1ccccc1C1CC1. The molecule has 1 aromatic carbocycles. The van der Waals surface area contributed by atoms with Gasteiger partial charge in [-0.25, -0.2) is 0 Å². The van der Waals surface area contributed by atoms with Crippen LogP contribution in [0.15, 0.2) is 24.3 Å². The van der Waals surface area contributed by atoms with Crippen LogP contribution in [0, 0.1) is 0 Å². The zero-order chi connectivity index (χ0) is 8.39. The number of benzene rings is 1. The van der Waals surface area contributed by atoms with E-state index in [1.54, 1.807) is 0 Å². The van der Waals surface area contributed by atoms with E-state index in [1.807, 2.05) is 18.2 Å². The van der Waals surface area contributed by atoms with Crippen molar-refractivity contribution in [3.8, 4) is 0 Å². The third kappa shape index (κ3) is 1.33. The fourth-order valence-electron chi connectivity index (χ4n) is 1.44. The highest BCUT2D eigenvalue weighted by atomic mass is 16.1. The fraction of sp³-hybridized carbons (Fsp3) is 0.300. The molecule has 0 atom stereocenters. The lowest BCUT2D eigenvalue weighted by Crippen LogP contribution is -1.97. The van der Waals surface area contributed by atoms with Gasteiger partial charge in [-0.3, -0.25) is 4.79 Å². The Balaban J connectivity index is 2.29. The summed E-state index contributed by atoms with van der Waals surface area (Å²) in [5, 5.41) is 2.72. The number of para-hydroxylation sites is 1. The molecule has 1 aliphatic carbocycles. The van der Waals surface area contributed by atoms with Crippen molar-refractivity contribution in [1.29, 1.82) is 0 Å². The van der Waals surface area contributed by atoms with Crippen molar-refractivity contribution in [2.24, 2.45) is 0 Å². The number of amides is 1. The van der Waals surface area contributed by atoms with Crippen molar-refractivity contribution in [2.45, 2.75) is 18.8 Å².